The standard InChI is InChI=1S/C20H19BrN6O2/c21-16-8-6-14(7-9-16)12-23-27-20(29)18(24-25-27)19(28)26-11-2-1-5-17(26)15-4-3-10-22-13-15/h3-4,6-10,12-13,17,25H,1-2,5,11H2. The van der Waals surface area contributed by atoms with Crippen molar-refractivity contribution in [3.8, 4) is 0 Å². The van der Waals surface area contributed by atoms with E-state index in [-0.39, 0.29) is 11.7 Å². The molecule has 148 valence electrons. The molecule has 1 aliphatic rings. The van der Waals surface area contributed by atoms with E-state index in [0.717, 1.165) is 39.7 Å². The summed E-state index contributed by atoms with van der Waals surface area (Å²) in [6.07, 6.45) is 7.74. The number of carbonyl (C=O) groups is 1. The van der Waals surface area contributed by atoms with Gasteiger partial charge in [0.2, 0.25) is 5.69 Å². The molecule has 4 rings (SSSR count). The highest BCUT2D eigenvalue weighted by Gasteiger charge is 2.31. The third kappa shape index (κ3) is 4.19. The van der Waals surface area contributed by atoms with Gasteiger partial charge in [0.25, 0.3) is 5.91 Å². The molecule has 0 radical (unpaired) electrons. The summed E-state index contributed by atoms with van der Waals surface area (Å²) in [5, 5.41) is 10.6. The molecule has 0 bridgehead atoms. The molecule has 1 aromatic carbocycles. The third-order valence-electron chi connectivity index (χ3n) is 4.88. The molecule has 9 heteroatoms. The van der Waals surface area contributed by atoms with Gasteiger partial charge in [0, 0.05) is 23.4 Å². The molecule has 1 atom stereocenters. The first-order chi connectivity index (χ1) is 14.1. The monoisotopic (exact) mass is 454 g/mol. The normalized spacial score (nSPS) is 17.0. The molecule has 1 aliphatic heterocycles. The highest BCUT2D eigenvalue weighted by Crippen LogP contribution is 2.31. The molecule has 0 aliphatic carbocycles. The number of hydrogen-bond donors (Lipinski definition) is 1. The van der Waals surface area contributed by atoms with E-state index >= 15 is 0 Å². The van der Waals surface area contributed by atoms with Gasteiger partial charge < -0.3 is 4.90 Å². The zero-order valence-corrected chi connectivity index (χ0v) is 17.1. The molecule has 1 fully saturated rings. The Kier molecular flexibility index (Phi) is 5.66. The number of piperidine rings is 1. The maximum Gasteiger partial charge on any atom is 0.320 e. The largest absolute Gasteiger partial charge is 0.330 e. The summed E-state index contributed by atoms with van der Waals surface area (Å²) in [4.78, 5) is 32.6. The fourth-order valence-corrected chi connectivity index (χ4v) is 3.68. The zero-order valence-electron chi connectivity index (χ0n) is 15.5. The summed E-state index contributed by atoms with van der Waals surface area (Å²) in [7, 11) is 0. The number of likely N-dealkylation sites (tertiary alicyclic amines) is 1. The second kappa shape index (κ2) is 8.52. The molecule has 1 saturated heterocycles. The Balaban J connectivity index is 1.57. The van der Waals surface area contributed by atoms with Gasteiger partial charge in [-0.25, -0.2) is 0 Å². The number of hydrogen-bond acceptors (Lipinski definition) is 5. The van der Waals surface area contributed by atoms with Gasteiger partial charge in [-0.05, 0) is 48.6 Å². The van der Waals surface area contributed by atoms with E-state index in [1.165, 1.54) is 6.21 Å². The number of carbonyl (C=O) groups excluding carboxylic acids is 1. The van der Waals surface area contributed by atoms with Crippen molar-refractivity contribution in [3.63, 3.8) is 0 Å². The molecule has 2 aromatic heterocycles. The maximum absolute atomic E-state index is 13.1. The number of pyridine rings is 1. The summed E-state index contributed by atoms with van der Waals surface area (Å²) >= 11 is 3.37. The molecule has 1 amide bonds. The molecule has 8 nitrogen and oxygen atoms in total. The molecular weight excluding hydrogens is 436 g/mol. The number of benzene rings is 1. The van der Waals surface area contributed by atoms with Crippen LogP contribution in [0.15, 0.2) is 63.2 Å². The molecular formula is C20H19BrN6O2. The minimum absolute atomic E-state index is 0.110. The van der Waals surface area contributed by atoms with Crippen LogP contribution < -0.4 is 5.56 Å². The predicted octanol–water partition coefficient (Wildman–Crippen LogP) is 2.98. The fraction of sp³-hybridized carbons (Fsp3) is 0.250. The quantitative estimate of drug-likeness (QED) is 0.612. The summed E-state index contributed by atoms with van der Waals surface area (Å²) in [5.41, 5.74) is 1.05. The van der Waals surface area contributed by atoms with E-state index in [9.17, 15) is 9.59 Å². The van der Waals surface area contributed by atoms with Gasteiger partial charge in [0.05, 0.1) is 12.3 Å². The average Bonchev–Trinajstić information content (AvgIpc) is 3.14. The molecule has 3 heterocycles. The Bertz CT molecular complexity index is 1070. The molecule has 1 unspecified atom stereocenters. The van der Waals surface area contributed by atoms with Crippen molar-refractivity contribution < 1.29 is 4.79 Å². The van der Waals surface area contributed by atoms with Gasteiger partial charge in [0.15, 0.2) is 0 Å². The molecule has 1 N–H and O–H groups in total. The van der Waals surface area contributed by atoms with Gasteiger partial charge in [-0.3, -0.25) is 14.6 Å². The van der Waals surface area contributed by atoms with Crippen molar-refractivity contribution >= 4 is 28.1 Å². The Morgan fingerprint density at radius 2 is 2.07 bits per heavy atom. The van der Waals surface area contributed by atoms with Crippen molar-refractivity contribution in [2.24, 2.45) is 5.10 Å². The first-order valence-corrected chi connectivity index (χ1v) is 10.1. The first kappa shape index (κ1) is 19.3. The van der Waals surface area contributed by atoms with E-state index in [1.807, 2.05) is 36.4 Å². The minimum Gasteiger partial charge on any atom is -0.330 e. The number of aromatic amines is 1. The van der Waals surface area contributed by atoms with Crippen LogP contribution >= 0.6 is 15.9 Å². The van der Waals surface area contributed by atoms with E-state index in [1.54, 1.807) is 17.3 Å². The molecule has 29 heavy (non-hydrogen) atoms. The van der Waals surface area contributed by atoms with Gasteiger partial charge >= 0.3 is 5.56 Å². The smallest absolute Gasteiger partial charge is 0.320 e. The topological polar surface area (TPSA) is 96.2 Å². The zero-order chi connectivity index (χ0) is 20.2. The van der Waals surface area contributed by atoms with Crippen LogP contribution in [0.5, 0.6) is 0 Å². The Morgan fingerprint density at radius 1 is 1.24 bits per heavy atom. The minimum atomic E-state index is -0.570. The summed E-state index contributed by atoms with van der Waals surface area (Å²) in [6.45, 7) is 0.576. The molecule has 0 saturated carbocycles. The number of aromatic nitrogens is 4. The van der Waals surface area contributed by atoms with E-state index < -0.39 is 11.5 Å². The fourth-order valence-electron chi connectivity index (χ4n) is 3.41. The van der Waals surface area contributed by atoms with Crippen molar-refractivity contribution in [1.82, 2.24) is 25.0 Å². The van der Waals surface area contributed by atoms with Crippen LogP contribution in [0.2, 0.25) is 0 Å². The number of nitrogens with one attached hydrogen (secondary N) is 1. The van der Waals surface area contributed by atoms with Crippen molar-refractivity contribution in [2.75, 3.05) is 6.54 Å². The second-order valence-corrected chi connectivity index (χ2v) is 7.69. The number of amides is 1. The Hall–Kier alpha value is -3.07. The highest BCUT2D eigenvalue weighted by molar-refractivity contribution is 9.10. The predicted molar refractivity (Wildman–Crippen MR) is 112 cm³/mol. The molecule has 3 aromatic rings. The third-order valence-corrected chi connectivity index (χ3v) is 5.41. The molecule has 0 spiro atoms. The van der Waals surface area contributed by atoms with Crippen LogP contribution in [0.3, 0.4) is 0 Å². The average molecular weight is 455 g/mol. The highest BCUT2D eigenvalue weighted by atomic mass is 79.9. The summed E-state index contributed by atoms with van der Waals surface area (Å²) in [5.74, 6) is -0.391. The lowest BCUT2D eigenvalue weighted by Crippen LogP contribution is -2.40. The SMILES string of the molecule is O=C(c1n[nH]n(N=Cc2ccc(Br)cc2)c1=O)N1CCCCC1c1cccnc1. The van der Waals surface area contributed by atoms with Gasteiger partial charge in [-0.2, -0.15) is 10.3 Å². The van der Waals surface area contributed by atoms with Crippen molar-refractivity contribution in [3.05, 3.63) is 80.4 Å². The van der Waals surface area contributed by atoms with Crippen molar-refractivity contribution in [1.29, 1.82) is 0 Å². The van der Waals surface area contributed by atoms with Crippen LogP contribution in [-0.2, 0) is 0 Å². The van der Waals surface area contributed by atoms with E-state index in [4.69, 9.17) is 0 Å². The first-order valence-electron chi connectivity index (χ1n) is 9.32. The summed E-state index contributed by atoms with van der Waals surface area (Å²) in [6, 6.07) is 11.2. The van der Waals surface area contributed by atoms with Crippen LogP contribution in [-0.4, -0.2) is 43.7 Å². The maximum atomic E-state index is 13.1. The lowest BCUT2D eigenvalue weighted by atomic mass is 9.96. The van der Waals surface area contributed by atoms with E-state index in [0.29, 0.717) is 6.54 Å². The number of nitrogens with zero attached hydrogens (tertiary/aromatic N) is 5. The van der Waals surface area contributed by atoms with Crippen LogP contribution in [0.25, 0.3) is 0 Å². The lowest BCUT2D eigenvalue weighted by Gasteiger charge is -2.35. The van der Waals surface area contributed by atoms with Gasteiger partial charge in [-0.15, -0.1) is 9.89 Å². The van der Waals surface area contributed by atoms with Crippen LogP contribution in [0.4, 0.5) is 0 Å². The second-order valence-electron chi connectivity index (χ2n) is 6.77. The van der Waals surface area contributed by atoms with Crippen LogP contribution in [0.1, 0.15) is 46.9 Å². The summed E-state index contributed by atoms with van der Waals surface area (Å²) < 4.78 is 0.950. The number of rotatable bonds is 4. The van der Waals surface area contributed by atoms with Gasteiger partial charge in [0.1, 0.15) is 0 Å². The van der Waals surface area contributed by atoms with E-state index in [2.05, 4.69) is 36.3 Å². The Labute approximate surface area is 175 Å². The Morgan fingerprint density at radius 3 is 2.83 bits per heavy atom. The lowest BCUT2D eigenvalue weighted by molar-refractivity contribution is 0.0603. The number of halogens is 1. The van der Waals surface area contributed by atoms with Crippen molar-refractivity contribution in [2.45, 2.75) is 25.3 Å². The van der Waals surface area contributed by atoms with Gasteiger partial charge in [-0.1, -0.05) is 34.1 Å². The number of H-pyrrole nitrogens is 1. The van der Waals surface area contributed by atoms with Crippen LogP contribution in [0, 0.1) is 0 Å².